The van der Waals surface area contributed by atoms with Crippen LogP contribution in [0.15, 0.2) is 0 Å². The summed E-state index contributed by atoms with van der Waals surface area (Å²) in [5.74, 6) is 0.256. The first-order valence-electron chi connectivity index (χ1n) is 6.86. The van der Waals surface area contributed by atoms with Gasteiger partial charge in [0.1, 0.15) is 0 Å². The van der Waals surface area contributed by atoms with Gasteiger partial charge in [-0.2, -0.15) is 0 Å². The van der Waals surface area contributed by atoms with Crippen LogP contribution in [0.2, 0.25) is 0 Å². The lowest BCUT2D eigenvalue weighted by atomic mass is 10.0. The van der Waals surface area contributed by atoms with E-state index in [2.05, 4.69) is 5.32 Å². The molecule has 1 amide bonds. The Labute approximate surface area is 105 Å². The maximum Gasteiger partial charge on any atom is 0.224 e. The lowest BCUT2D eigenvalue weighted by Crippen LogP contribution is -2.41. The van der Waals surface area contributed by atoms with Crippen LogP contribution in [0.25, 0.3) is 0 Å². The van der Waals surface area contributed by atoms with Crippen LogP contribution >= 0.6 is 0 Å². The second-order valence-electron chi connectivity index (χ2n) is 4.52. The van der Waals surface area contributed by atoms with Gasteiger partial charge in [0.25, 0.3) is 0 Å². The van der Waals surface area contributed by atoms with Gasteiger partial charge in [-0.25, -0.2) is 0 Å². The minimum Gasteiger partial charge on any atom is -0.380 e. The van der Waals surface area contributed by atoms with E-state index < -0.39 is 0 Å². The van der Waals surface area contributed by atoms with Crippen molar-refractivity contribution in [3.8, 4) is 0 Å². The third kappa shape index (κ3) is 5.50. The zero-order chi connectivity index (χ0) is 12.5. The summed E-state index contributed by atoms with van der Waals surface area (Å²) in [6, 6.07) is 0.386. The number of nitrogens with one attached hydrogen (secondary N) is 1. The van der Waals surface area contributed by atoms with Crippen LogP contribution in [0.5, 0.6) is 0 Å². The maximum atomic E-state index is 12.1. The van der Waals surface area contributed by atoms with Crippen molar-refractivity contribution in [1.82, 2.24) is 10.2 Å². The van der Waals surface area contributed by atoms with Gasteiger partial charge in [-0.1, -0.05) is 6.42 Å². The summed E-state index contributed by atoms with van der Waals surface area (Å²) in [6.45, 7) is 7.92. The molecule has 0 aromatic carbocycles. The minimum atomic E-state index is 0.256. The highest BCUT2D eigenvalue weighted by atomic mass is 16.5. The third-order valence-electron chi connectivity index (χ3n) is 3.28. The Bertz CT molecular complexity index is 215. The van der Waals surface area contributed by atoms with Crippen molar-refractivity contribution in [2.24, 2.45) is 0 Å². The Hall–Kier alpha value is -0.610. The molecule has 1 heterocycles. The van der Waals surface area contributed by atoms with Gasteiger partial charge in [0.15, 0.2) is 0 Å². The zero-order valence-electron chi connectivity index (χ0n) is 11.2. The highest BCUT2D eigenvalue weighted by Gasteiger charge is 2.19. The molecule has 1 rings (SSSR count). The van der Waals surface area contributed by atoms with Crippen LogP contribution < -0.4 is 5.32 Å². The van der Waals surface area contributed by atoms with Gasteiger partial charge in [-0.05, 0) is 33.2 Å². The molecule has 1 unspecified atom stereocenters. The second-order valence-corrected chi connectivity index (χ2v) is 4.52. The largest absolute Gasteiger partial charge is 0.380 e. The fourth-order valence-electron chi connectivity index (χ4n) is 2.22. The minimum absolute atomic E-state index is 0.256. The van der Waals surface area contributed by atoms with Crippen molar-refractivity contribution < 1.29 is 9.53 Å². The van der Waals surface area contributed by atoms with Crippen LogP contribution in [0.4, 0.5) is 0 Å². The predicted octanol–water partition coefficient (Wildman–Crippen LogP) is 1.40. The highest BCUT2D eigenvalue weighted by molar-refractivity contribution is 5.76. The molecule has 1 fully saturated rings. The SMILES string of the molecule is CCOCCN(CC)C(=O)CC1CCCCN1. The zero-order valence-corrected chi connectivity index (χ0v) is 11.2. The van der Waals surface area contributed by atoms with Crippen molar-refractivity contribution in [3.05, 3.63) is 0 Å². The molecule has 1 aliphatic rings. The number of amides is 1. The summed E-state index contributed by atoms with van der Waals surface area (Å²) in [4.78, 5) is 14.0. The summed E-state index contributed by atoms with van der Waals surface area (Å²) in [7, 11) is 0. The van der Waals surface area contributed by atoms with Crippen molar-refractivity contribution in [3.63, 3.8) is 0 Å². The Morgan fingerprint density at radius 3 is 2.82 bits per heavy atom. The van der Waals surface area contributed by atoms with E-state index >= 15 is 0 Å². The van der Waals surface area contributed by atoms with E-state index in [4.69, 9.17) is 4.74 Å². The molecular formula is C13H26N2O2. The second kappa shape index (κ2) is 8.48. The normalized spacial score (nSPS) is 20.2. The number of hydrogen-bond acceptors (Lipinski definition) is 3. The summed E-state index contributed by atoms with van der Waals surface area (Å²) in [6.07, 6.45) is 4.26. The first kappa shape index (κ1) is 14.5. The standard InChI is InChI=1S/C13H26N2O2/c1-3-15(9-10-17-4-2)13(16)11-12-7-5-6-8-14-12/h12,14H,3-11H2,1-2H3. The number of piperidine rings is 1. The van der Waals surface area contributed by atoms with Gasteiger partial charge >= 0.3 is 0 Å². The smallest absolute Gasteiger partial charge is 0.224 e. The molecule has 0 aliphatic carbocycles. The number of likely N-dealkylation sites (N-methyl/N-ethyl adjacent to an activating group) is 1. The summed E-state index contributed by atoms with van der Waals surface area (Å²) < 4.78 is 5.30. The van der Waals surface area contributed by atoms with Crippen molar-refractivity contribution in [1.29, 1.82) is 0 Å². The molecule has 1 N–H and O–H groups in total. The summed E-state index contributed by atoms with van der Waals surface area (Å²) >= 11 is 0. The molecule has 1 saturated heterocycles. The van der Waals surface area contributed by atoms with E-state index in [1.165, 1.54) is 12.8 Å². The molecular weight excluding hydrogens is 216 g/mol. The predicted molar refractivity (Wildman–Crippen MR) is 69.0 cm³/mol. The first-order valence-corrected chi connectivity index (χ1v) is 6.86. The fourth-order valence-corrected chi connectivity index (χ4v) is 2.22. The third-order valence-corrected chi connectivity index (χ3v) is 3.28. The number of carbonyl (C=O) groups excluding carboxylic acids is 1. The van der Waals surface area contributed by atoms with Gasteiger partial charge < -0.3 is 15.0 Å². The number of nitrogens with zero attached hydrogens (tertiary/aromatic N) is 1. The monoisotopic (exact) mass is 242 g/mol. The van der Waals surface area contributed by atoms with E-state index in [0.717, 1.165) is 32.7 Å². The Morgan fingerprint density at radius 1 is 1.41 bits per heavy atom. The van der Waals surface area contributed by atoms with Gasteiger partial charge in [0, 0.05) is 32.2 Å². The van der Waals surface area contributed by atoms with Crippen LogP contribution in [0.1, 0.15) is 39.5 Å². The molecule has 0 bridgehead atoms. The fraction of sp³-hybridized carbons (Fsp3) is 0.923. The van der Waals surface area contributed by atoms with Crippen molar-refractivity contribution in [2.75, 3.05) is 32.8 Å². The quantitative estimate of drug-likeness (QED) is 0.686. The highest BCUT2D eigenvalue weighted by Crippen LogP contribution is 2.11. The molecule has 4 nitrogen and oxygen atoms in total. The van der Waals surface area contributed by atoms with E-state index in [0.29, 0.717) is 19.1 Å². The lowest BCUT2D eigenvalue weighted by molar-refractivity contribution is -0.132. The molecule has 0 radical (unpaired) electrons. The molecule has 0 spiro atoms. The van der Waals surface area contributed by atoms with Gasteiger partial charge in [-0.15, -0.1) is 0 Å². The molecule has 1 aliphatic heterocycles. The van der Waals surface area contributed by atoms with E-state index in [1.807, 2.05) is 18.7 Å². The van der Waals surface area contributed by atoms with Crippen LogP contribution in [0, 0.1) is 0 Å². The van der Waals surface area contributed by atoms with Crippen LogP contribution in [-0.2, 0) is 9.53 Å². The maximum absolute atomic E-state index is 12.1. The van der Waals surface area contributed by atoms with Gasteiger partial charge in [0.2, 0.25) is 5.91 Å². The van der Waals surface area contributed by atoms with E-state index in [9.17, 15) is 4.79 Å². The topological polar surface area (TPSA) is 41.6 Å². The first-order chi connectivity index (χ1) is 8.27. The molecule has 0 aromatic rings. The molecule has 17 heavy (non-hydrogen) atoms. The summed E-state index contributed by atoms with van der Waals surface area (Å²) in [5.41, 5.74) is 0. The average Bonchev–Trinajstić information content (AvgIpc) is 2.36. The van der Waals surface area contributed by atoms with Crippen molar-refractivity contribution >= 4 is 5.91 Å². The number of hydrogen-bond donors (Lipinski definition) is 1. The van der Waals surface area contributed by atoms with E-state index in [1.54, 1.807) is 0 Å². The van der Waals surface area contributed by atoms with E-state index in [-0.39, 0.29) is 5.91 Å². The number of rotatable bonds is 7. The Kier molecular flexibility index (Phi) is 7.21. The van der Waals surface area contributed by atoms with Gasteiger partial charge in [-0.3, -0.25) is 4.79 Å². The van der Waals surface area contributed by atoms with Crippen LogP contribution in [0.3, 0.4) is 0 Å². The van der Waals surface area contributed by atoms with Crippen LogP contribution in [-0.4, -0.2) is 49.7 Å². The Balaban J connectivity index is 2.26. The molecule has 0 saturated carbocycles. The van der Waals surface area contributed by atoms with Crippen molar-refractivity contribution in [2.45, 2.75) is 45.6 Å². The Morgan fingerprint density at radius 2 is 2.24 bits per heavy atom. The number of ether oxygens (including phenoxy) is 1. The number of carbonyl (C=O) groups is 1. The summed E-state index contributed by atoms with van der Waals surface area (Å²) in [5, 5.41) is 3.42. The average molecular weight is 242 g/mol. The lowest BCUT2D eigenvalue weighted by Gasteiger charge is -2.27. The molecule has 0 aromatic heterocycles. The molecule has 1 atom stereocenters. The molecule has 100 valence electrons. The molecule has 4 heteroatoms. The van der Waals surface area contributed by atoms with Gasteiger partial charge in [0.05, 0.1) is 6.61 Å².